The van der Waals surface area contributed by atoms with Crippen LogP contribution in [-0.2, 0) is 9.59 Å². The van der Waals surface area contributed by atoms with Gasteiger partial charge in [-0.25, -0.2) is 4.99 Å². The Morgan fingerprint density at radius 2 is 2.00 bits per heavy atom. The summed E-state index contributed by atoms with van der Waals surface area (Å²) < 4.78 is 0. The van der Waals surface area contributed by atoms with Crippen LogP contribution in [0.4, 0.5) is 0 Å². The van der Waals surface area contributed by atoms with Gasteiger partial charge in [0.05, 0.1) is 0 Å². The summed E-state index contributed by atoms with van der Waals surface area (Å²) in [4.78, 5) is 27.9. The molecule has 0 aromatic carbocycles. The van der Waals surface area contributed by atoms with Gasteiger partial charge in [-0.3, -0.25) is 9.59 Å². The lowest BCUT2D eigenvalue weighted by atomic mass is 10.1. The van der Waals surface area contributed by atoms with Crippen LogP contribution in [0, 0.1) is 0 Å². The van der Waals surface area contributed by atoms with E-state index in [-0.39, 0.29) is 5.71 Å². The van der Waals surface area contributed by atoms with E-state index in [1.165, 1.54) is 4.90 Å². The highest BCUT2D eigenvalue weighted by atomic mass is 16.2. The molecule has 0 bridgehead atoms. The minimum atomic E-state index is -0.917. The topological polar surface area (TPSA) is 102 Å². The molecule has 0 aromatic heterocycles. The van der Waals surface area contributed by atoms with Gasteiger partial charge in [0.15, 0.2) is 6.04 Å². The second-order valence-corrected chi connectivity index (χ2v) is 3.32. The van der Waals surface area contributed by atoms with Crippen LogP contribution in [0.25, 0.3) is 0 Å². The molecule has 0 saturated carbocycles. The molecular formula is C10H10N4O2. The molecule has 2 aliphatic heterocycles. The summed E-state index contributed by atoms with van der Waals surface area (Å²) in [7, 11) is 0. The minimum absolute atomic E-state index is 0.0290. The fourth-order valence-corrected chi connectivity index (χ4v) is 1.60. The highest BCUT2D eigenvalue weighted by molar-refractivity contribution is 6.45. The van der Waals surface area contributed by atoms with E-state index in [0.717, 1.165) is 0 Å². The quantitative estimate of drug-likeness (QED) is 0.621. The second-order valence-electron chi connectivity index (χ2n) is 3.32. The van der Waals surface area contributed by atoms with Gasteiger partial charge < -0.3 is 16.4 Å². The Kier molecular flexibility index (Phi) is 2.32. The maximum absolute atomic E-state index is 11.3. The van der Waals surface area contributed by atoms with E-state index >= 15 is 0 Å². The van der Waals surface area contributed by atoms with E-state index < -0.39 is 17.9 Å². The number of nitrogens with zero attached hydrogens (tertiary/aromatic N) is 2. The number of primary amides is 2. The Labute approximate surface area is 91.6 Å². The van der Waals surface area contributed by atoms with Crippen LogP contribution >= 0.6 is 0 Å². The first-order valence-corrected chi connectivity index (χ1v) is 4.62. The number of rotatable bonds is 2. The number of hydrogen-bond donors (Lipinski definition) is 2. The highest BCUT2D eigenvalue weighted by Crippen LogP contribution is 2.23. The summed E-state index contributed by atoms with van der Waals surface area (Å²) >= 11 is 0. The molecule has 82 valence electrons. The molecule has 16 heavy (non-hydrogen) atoms. The molecule has 2 aliphatic rings. The van der Waals surface area contributed by atoms with Crippen molar-refractivity contribution in [3.8, 4) is 0 Å². The number of nitrogens with two attached hydrogens (primary N) is 2. The monoisotopic (exact) mass is 218 g/mol. The summed E-state index contributed by atoms with van der Waals surface area (Å²) in [6, 6.07) is -0.917. The number of hydrogen-bond acceptors (Lipinski definition) is 4. The Morgan fingerprint density at radius 3 is 2.62 bits per heavy atom. The van der Waals surface area contributed by atoms with Crippen LogP contribution in [-0.4, -0.2) is 28.5 Å². The van der Waals surface area contributed by atoms with Crippen molar-refractivity contribution in [3.05, 3.63) is 36.3 Å². The molecule has 0 fully saturated rings. The van der Waals surface area contributed by atoms with Crippen LogP contribution in [0.2, 0.25) is 0 Å². The Bertz CT molecular complexity index is 473. The van der Waals surface area contributed by atoms with E-state index in [1.54, 1.807) is 30.5 Å². The molecule has 6 nitrogen and oxygen atoms in total. The predicted molar refractivity (Wildman–Crippen MR) is 57.8 cm³/mol. The molecule has 2 rings (SSSR count). The number of allylic oxidation sites excluding steroid dienone is 4. The normalized spacial score (nSPS) is 22.2. The predicted octanol–water partition coefficient (Wildman–Crippen LogP) is -0.993. The maximum atomic E-state index is 11.3. The van der Waals surface area contributed by atoms with Gasteiger partial charge in [-0.1, -0.05) is 12.2 Å². The summed E-state index contributed by atoms with van der Waals surface area (Å²) in [6.07, 6.45) is 8.55. The van der Waals surface area contributed by atoms with Crippen molar-refractivity contribution in [1.82, 2.24) is 4.90 Å². The zero-order chi connectivity index (χ0) is 11.7. The zero-order valence-corrected chi connectivity index (χ0v) is 8.33. The van der Waals surface area contributed by atoms with Gasteiger partial charge in [0.1, 0.15) is 11.5 Å². The molecule has 0 aliphatic carbocycles. The molecule has 0 radical (unpaired) electrons. The first-order chi connectivity index (χ1) is 7.61. The lowest BCUT2D eigenvalue weighted by Crippen LogP contribution is -2.47. The fourth-order valence-electron chi connectivity index (χ4n) is 1.60. The van der Waals surface area contributed by atoms with Crippen molar-refractivity contribution < 1.29 is 9.59 Å². The van der Waals surface area contributed by atoms with E-state index in [0.29, 0.717) is 5.82 Å². The largest absolute Gasteiger partial charge is 0.368 e. The van der Waals surface area contributed by atoms with E-state index in [4.69, 9.17) is 11.5 Å². The number of amides is 2. The first-order valence-electron chi connectivity index (χ1n) is 4.62. The summed E-state index contributed by atoms with van der Waals surface area (Å²) in [5.41, 5.74) is 10.3. The van der Waals surface area contributed by atoms with E-state index in [2.05, 4.69) is 4.99 Å². The van der Waals surface area contributed by atoms with Gasteiger partial charge in [-0.15, -0.1) is 0 Å². The Morgan fingerprint density at radius 1 is 1.25 bits per heavy atom. The van der Waals surface area contributed by atoms with Crippen molar-refractivity contribution in [2.75, 3.05) is 0 Å². The van der Waals surface area contributed by atoms with E-state index in [9.17, 15) is 9.59 Å². The first kappa shape index (κ1) is 10.2. The van der Waals surface area contributed by atoms with Crippen molar-refractivity contribution >= 4 is 17.5 Å². The highest BCUT2D eigenvalue weighted by Gasteiger charge is 2.38. The van der Waals surface area contributed by atoms with Crippen LogP contribution in [0.15, 0.2) is 41.3 Å². The van der Waals surface area contributed by atoms with Crippen molar-refractivity contribution in [3.63, 3.8) is 0 Å². The van der Waals surface area contributed by atoms with Gasteiger partial charge in [0, 0.05) is 6.20 Å². The molecule has 0 spiro atoms. The lowest BCUT2D eigenvalue weighted by Gasteiger charge is -2.19. The van der Waals surface area contributed by atoms with Gasteiger partial charge in [-0.05, 0) is 12.2 Å². The fraction of sp³-hybridized carbons (Fsp3) is 0.100. The van der Waals surface area contributed by atoms with Gasteiger partial charge in [-0.2, -0.15) is 0 Å². The Balaban J connectivity index is 2.48. The average Bonchev–Trinajstić information content (AvgIpc) is 2.43. The molecule has 2 amide bonds. The lowest BCUT2D eigenvalue weighted by molar-refractivity contribution is -0.120. The molecule has 0 saturated heterocycles. The second kappa shape index (κ2) is 3.65. The SMILES string of the molecule is NC(=O)C1=NC2=CC=CC=CN2C1C(N)=O. The van der Waals surface area contributed by atoms with Crippen molar-refractivity contribution in [1.29, 1.82) is 0 Å². The average molecular weight is 218 g/mol. The molecule has 0 aromatic rings. The van der Waals surface area contributed by atoms with Crippen LogP contribution < -0.4 is 11.5 Å². The number of carbonyl (C=O) groups is 2. The third-order valence-electron chi connectivity index (χ3n) is 2.27. The van der Waals surface area contributed by atoms with Crippen molar-refractivity contribution in [2.24, 2.45) is 16.5 Å². The van der Waals surface area contributed by atoms with Crippen LogP contribution in [0.1, 0.15) is 0 Å². The summed E-state index contributed by atoms with van der Waals surface area (Å²) in [5.74, 6) is -0.926. The number of carbonyl (C=O) groups excluding carboxylic acids is 2. The van der Waals surface area contributed by atoms with Gasteiger partial charge in [0.25, 0.3) is 5.91 Å². The van der Waals surface area contributed by atoms with Gasteiger partial charge in [0.2, 0.25) is 5.91 Å². The molecule has 4 N–H and O–H groups in total. The third-order valence-corrected chi connectivity index (χ3v) is 2.27. The molecular weight excluding hydrogens is 208 g/mol. The Hall–Kier alpha value is -2.37. The van der Waals surface area contributed by atoms with Crippen molar-refractivity contribution in [2.45, 2.75) is 6.04 Å². The zero-order valence-electron chi connectivity index (χ0n) is 8.33. The maximum Gasteiger partial charge on any atom is 0.265 e. The third kappa shape index (κ3) is 1.50. The number of fused-ring (bicyclic) bond motifs is 1. The van der Waals surface area contributed by atoms with Gasteiger partial charge >= 0.3 is 0 Å². The standard InChI is InChI=1S/C10H10N4O2/c11-9(15)7-8(10(12)16)14-5-3-1-2-4-6(14)13-7/h1-5,8H,(H2,11,15)(H2,12,16). The minimum Gasteiger partial charge on any atom is -0.368 e. The smallest absolute Gasteiger partial charge is 0.265 e. The van der Waals surface area contributed by atoms with Crippen LogP contribution in [0.5, 0.6) is 0 Å². The molecule has 1 atom stereocenters. The van der Waals surface area contributed by atoms with E-state index in [1.807, 2.05) is 0 Å². The summed E-state index contributed by atoms with van der Waals surface area (Å²) in [5, 5.41) is 0. The van der Waals surface area contributed by atoms with Crippen LogP contribution in [0.3, 0.4) is 0 Å². The number of aliphatic imine (C=N–C) groups is 1. The molecule has 2 heterocycles. The molecule has 1 unspecified atom stereocenters. The molecule has 6 heteroatoms. The summed E-state index contributed by atoms with van der Waals surface area (Å²) in [6.45, 7) is 0.